The SMILES string of the molecule is N#Cc1c(Br)cccc1NCC1CCC1. The average Bonchev–Trinajstić information content (AvgIpc) is 2.15. The third kappa shape index (κ3) is 2.32. The minimum absolute atomic E-state index is 0.705. The lowest BCUT2D eigenvalue weighted by Crippen LogP contribution is -2.21. The first-order chi connectivity index (χ1) is 7.31. The number of nitriles is 1. The summed E-state index contributed by atoms with van der Waals surface area (Å²) in [7, 11) is 0. The quantitative estimate of drug-likeness (QED) is 0.907. The zero-order valence-electron chi connectivity index (χ0n) is 8.46. The standard InChI is InChI=1S/C12H13BrN2/c13-11-5-2-6-12(10(11)7-14)15-8-9-3-1-4-9/h2,5-6,9,15H,1,3-4,8H2. The lowest BCUT2D eigenvalue weighted by molar-refractivity contribution is 0.333. The minimum atomic E-state index is 0.705. The fraction of sp³-hybridized carbons (Fsp3) is 0.417. The monoisotopic (exact) mass is 264 g/mol. The molecule has 15 heavy (non-hydrogen) atoms. The van der Waals surface area contributed by atoms with Crippen LogP contribution in [0.25, 0.3) is 0 Å². The molecule has 0 unspecified atom stereocenters. The Bertz CT molecular complexity index is 391. The molecule has 0 amide bonds. The Morgan fingerprint density at radius 3 is 2.87 bits per heavy atom. The van der Waals surface area contributed by atoms with Gasteiger partial charge in [0.1, 0.15) is 6.07 Å². The van der Waals surface area contributed by atoms with Crippen LogP contribution in [0.15, 0.2) is 22.7 Å². The third-order valence-electron chi connectivity index (χ3n) is 2.93. The lowest BCUT2D eigenvalue weighted by atomic mass is 9.85. The molecular formula is C12H13BrN2. The van der Waals surface area contributed by atoms with Crippen LogP contribution in [0.2, 0.25) is 0 Å². The summed E-state index contributed by atoms with van der Waals surface area (Å²) in [4.78, 5) is 0. The number of benzene rings is 1. The highest BCUT2D eigenvalue weighted by molar-refractivity contribution is 9.10. The summed E-state index contributed by atoms with van der Waals surface area (Å²) in [6, 6.07) is 8.02. The highest BCUT2D eigenvalue weighted by Gasteiger charge is 2.17. The van der Waals surface area contributed by atoms with Crippen LogP contribution >= 0.6 is 15.9 Å². The summed E-state index contributed by atoms with van der Waals surface area (Å²) in [5.41, 5.74) is 1.65. The van der Waals surface area contributed by atoms with Crippen LogP contribution in [0, 0.1) is 17.2 Å². The second-order valence-electron chi connectivity index (χ2n) is 3.95. The summed E-state index contributed by atoms with van der Waals surface area (Å²) in [5.74, 6) is 0.801. The van der Waals surface area contributed by atoms with E-state index < -0.39 is 0 Å². The molecule has 1 aliphatic rings. The number of halogens is 1. The highest BCUT2D eigenvalue weighted by Crippen LogP contribution is 2.28. The van der Waals surface area contributed by atoms with Crippen molar-refractivity contribution >= 4 is 21.6 Å². The van der Waals surface area contributed by atoms with Crippen molar-refractivity contribution in [2.75, 3.05) is 11.9 Å². The maximum Gasteiger partial charge on any atom is 0.103 e. The maximum absolute atomic E-state index is 9.02. The van der Waals surface area contributed by atoms with E-state index in [9.17, 15) is 0 Å². The summed E-state index contributed by atoms with van der Waals surface area (Å²) in [6.07, 6.45) is 4.00. The van der Waals surface area contributed by atoms with E-state index in [0.717, 1.165) is 22.6 Å². The number of rotatable bonds is 3. The molecule has 2 rings (SSSR count). The van der Waals surface area contributed by atoms with Gasteiger partial charge in [-0.25, -0.2) is 0 Å². The molecule has 0 heterocycles. The molecule has 0 bridgehead atoms. The lowest BCUT2D eigenvalue weighted by Gasteiger charge is -2.26. The maximum atomic E-state index is 9.02. The van der Waals surface area contributed by atoms with Crippen LogP contribution in [-0.4, -0.2) is 6.54 Å². The van der Waals surface area contributed by atoms with Crippen molar-refractivity contribution in [2.24, 2.45) is 5.92 Å². The molecule has 1 aliphatic carbocycles. The molecule has 0 radical (unpaired) electrons. The van der Waals surface area contributed by atoms with Gasteiger partial charge in [0.15, 0.2) is 0 Å². The molecule has 1 saturated carbocycles. The van der Waals surface area contributed by atoms with E-state index in [-0.39, 0.29) is 0 Å². The van der Waals surface area contributed by atoms with Crippen LogP contribution in [0.5, 0.6) is 0 Å². The molecule has 0 saturated heterocycles. The molecule has 1 N–H and O–H groups in total. The largest absolute Gasteiger partial charge is 0.384 e. The Kier molecular flexibility index (Phi) is 3.27. The van der Waals surface area contributed by atoms with E-state index in [4.69, 9.17) is 5.26 Å². The van der Waals surface area contributed by atoms with Gasteiger partial charge < -0.3 is 5.32 Å². The first-order valence-electron chi connectivity index (χ1n) is 5.23. The van der Waals surface area contributed by atoms with E-state index in [2.05, 4.69) is 27.3 Å². The molecule has 1 aromatic rings. The molecule has 0 aromatic heterocycles. The van der Waals surface area contributed by atoms with Crippen LogP contribution in [-0.2, 0) is 0 Å². The molecule has 0 atom stereocenters. The second-order valence-corrected chi connectivity index (χ2v) is 4.81. The molecule has 1 fully saturated rings. The average molecular weight is 265 g/mol. The van der Waals surface area contributed by atoms with Gasteiger partial charge in [0.2, 0.25) is 0 Å². The fourth-order valence-electron chi connectivity index (χ4n) is 1.74. The van der Waals surface area contributed by atoms with Crippen LogP contribution in [0.1, 0.15) is 24.8 Å². The molecule has 3 heteroatoms. The molecule has 0 aliphatic heterocycles. The van der Waals surface area contributed by atoms with Gasteiger partial charge >= 0.3 is 0 Å². The Hall–Kier alpha value is -1.01. The Labute approximate surface area is 98.4 Å². The first kappa shape index (κ1) is 10.5. The van der Waals surface area contributed by atoms with Crippen molar-refractivity contribution < 1.29 is 0 Å². The molecule has 2 nitrogen and oxygen atoms in total. The third-order valence-corrected chi connectivity index (χ3v) is 3.59. The second kappa shape index (κ2) is 4.67. The number of anilines is 1. The molecular weight excluding hydrogens is 252 g/mol. The van der Waals surface area contributed by atoms with Crippen LogP contribution < -0.4 is 5.32 Å². The summed E-state index contributed by atoms with van der Waals surface area (Å²) in [6.45, 7) is 0.991. The van der Waals surface area contributed by atoms with Gasteiger partial charge in [-0.15, -0.1) is 0 Å². The van der Waals surface area contributed by atoms with E-state index in [0.29, 0.717) is 5.56 Å². The van der Waals surface area contributed by atoms with Crippen molar-refractivity contribution in [3.8, 4) is 6.07 Å². The van der Waals surface area contributed by atoms with E-state index in [1.807, 2.05) is 18.2 Å². The number of hydrogen-bond acceptors (Lipinski definition) is 2. The van der Waals surface area contributed by atoms with Crippen molar-refractivity contribution in [2.45, 2.75) is 19.3 Å². The minimum Gasteiger partial charge on any atom is -0.384 e. The van der Waals surface area contributed by atoms with Gasteiger partial charge in [-0.1, -0.05) is 12.5 Å². The molecule has 1 aromatic carbocycles. The van der Waals surface area contributed by atoms with Crippen LogP contribution in [0.3, 0.4) is 0 Å². The van der Waals surface area contributed by atoms with E-state index >= 15 is 0 Å². The van der Waals surface area contributed by atoms with Crippen molar-refractivity contribution in [1.29, 1.82) is 5.26 Å². The Balaban J connectivity index is 2.06. The number of nitrogens with zero attached hydrogens (tertiary/aromatic N) is 1. The predicted octanol–water partition coefficient (Wildman–Crippen LogP) is 3.53. The highest BCUT2D eigenvalue weighted by atomic mass is 79.9. The van der Waals surface area contributed by atoms with Gasteiger partial charge in [-0.2, -0.15) is 5.26 Å². The van der Waals surface area contributed by atoms with Gasteiger partial charge in [0.25, 0.3) is 0 Å². The smallest absolute Gasteiger partial charge is 0.103 e. The zero-order valence-corrected chi connectivity index (χ0v) is 10.0. The Morgan fingerprint density at radius 1 is 1.47 bits per heavy atom. The molecule has 0 spiro atoms. The molecule has 78 valence electrons. The number of hydrogen-bond donors (Lipinski definition) is 1. The fourth-order valence-corrected chi connectivity index (χ4v) is 2.19. The zero-order chi connectivity index (χ0) is 10.7. The summed E-state index contributed by atoms with van der Waals surface area (Å²) >= 11 is 3.38. The van der Waals surface area contributed by atoms with E-state index in [1.165, 1.54) is 19.3 Å². The van der Waals surface area contributed by atoms with Crippen molar-refractivity contribution in [3.05, 3.63) is 28.2 Å². The first-order valence-corrected chi connectivity index (χ1v) is 6.03. The van der Waals surface area contributed by atoms with Crippen LogP contribution in [0.4, 0.5) is 5.69 Å². The van der Waals surface area contributed by atoms with Crippen molar-refractivity contribution in [3.63, 3.8) is 0 Å². The van der Waals surface area contributed by atoms with E-state index in [1.54, 1.807) is 0 Å². The van der Waals surface area contributed by atoms with Gasteiger partial charge in [0.05, 0.1) is 11.3 Å². The summed E-state index contributed by atoms with van der Waals surface area (Å²) in [5, 5.41) is 12.4. The van der Waals surface area contributed by atoms with Gasteiger partial charge in [0, 0.05) is 11.0 Å². The van der Waals surface area contributed by atoms with Gasteiger partial charge in [-0.3, -0.25) is 0 Å². The normalized spacial score (nSPS) is 15.5. The summed E-state index contributed by atoms with van der Waals surface area (Å²) < 4.78 is 0.864. The number of nitrogens with one attached hydrogen (secondary N) is 1. The topological polar surface area (TPSA) is 35.8 Å². The Morgan fingerprint density at radius 2 is 2.27 bits per heavy atom. The predicted molar refractivity (Wildman–Crippen MR) is 64.7 cm³/mol. The van der Waals surface area contributed by atoms with Gasteiger partial charge in [-0.05, 0) is 46.8 Å². The van der Waals surface area contributed by atoms with Crippen molar-refractivity contribution in [1.82, 2.24) is 0 Å².